The molecule has 1 nitrogen and oxygen atoms in total. The molecule has 58 valence electrons. The van der Waals surface area contributed by atoms with Crippen molar-refractivity contribution < 1.29 is 4.74 Å². The average Bonchev–Trinajstić information content (AvgIpc) is 2.36. The molecule has 0 atom stereocenters. The van der Waals surface area contributed by atoms with Crippen molar-refractivity contribution in [2.24, 2.45) is 0 Å². The number of fused-ring (bicyclic) bond motifs is 2. The predicted octanol–water partition coefficient (Wildman–Crippen LogP) is 2.57. The fraction of sp³-hybridized carbons (Fsp3) is 0.400. The topological polar surface area (TPSA) is 9.23 Å². The number of ether oxygens (including phenoxy) is 1. The molecule has 0 amide bonds. The molecule has 1 aliphatic heterocycles. The molecular formula is C10H12O. The number of rotatable bonds is 0. The minimum Gasteiger partial charge on any atom is -0.498 e. The normalized spacial score (nSPS) is 22.5. The molecule has 2 bridgehead atoms. The molecule has 2 rings (SSSR count). The Kier molecular flexibility index (Phi) is 1.80. The Bertz CT molecular complexity index is 209. The van der Waals surface area contributed by atoms with Gasteiger partial charge in [-0.05, 0) is 18.9 Å². The summed E-state index contributed by atoms with van der Waals surface area (Å²) in [5, 5.41) is 0. The summed E-state index contributed by atoms with van der Waals surface area (Å²) >= 11 is 0. The number of hydrogen-bond acceptors (Lipinski definition) is 1. The first kappa shape index (κ1) is 6.71. The summed E-state index contributed by atoms with van der Waals surface area (Å²) in [5.74, 6) is 1.13. The first-order valence-electron chi connectivity index (χ1n) is 4.13. The average molecular weight is 148 g/mol. The lowest BCUT2D eigenvalue weighted by atomic mass is 10.1. The van der Waals surface area contributed by atoms with Crippen LogP contribution >= 0.6 is 0 Å². The summed E-state index contributed by atoms with van der Waals surface area (Å²) in [6.45, 7) is 0.886. The van der Waals surface area contributed by atoms with E-state index in [0.717, 1.165) is 25.2 Å². The first-order valence-corrected chi connectivity index (χ1v) is 4.13. The van der Waals surface area contributed by atoms with Crippen molar-refractivity contribution in [1.82, 2.24) is 0 Å². The van der Waals surface area contributed by atoms with Crippen LogP contribution in [-0.4, -0.2) is 6.61 Å². The van der Waals surface area contributed by atoms with Crippen LogP contribution in [0.1, 0.15) is 19.3 Å². The molecule has 0 aromatic carbocycles. The Hall–Kier alpha value is -0.980. The summed E-state index contributed by atoms with van der Waals surface area (Å²) in [5.41, 5.74) is 1.50. The fourth-order valence-corrected chi connectivity index (χ4v) is 1.47. The highest BCUT2D eigenvalue weighted by atomic mass is 16.5. The van der Waals surface area contributed by atoms with Crippen molar-refractivity contribution in [1.29, 1.82) is 0 Å². The van der Waals surface area contributed by atoms with Crippen LogP contribution in [0.25, 0.3) is 0 Å². The zero-order chi connectivity index (χ0) is 7.52. The molecule has 11 heavy (non-hydrogen) atoms. The molecule has 0 aromatic rings. The summed E-state index contributed by atoms with van der Waals surface area (Å²) in [4.78, 5) is 0. The van der Waals surface area contributed by atoms with Gasteiger partial charge in [-0.25, -0.2) is 0 Å². The standard InChI is InChI=1S/C10H12O/c1-2-6-10-8-9(4-1)5-3-7-11-10/h1-2,4,6H,3,5,7-8H2. The molecule has 0 spiro atoms. The van der Waals surface area contributed by atoms with Gasteiger partial charge in [0.15, 0.2) is 0 Å². The third-order valence-electron chi connectivity index (χ3n) is 2.06. The van der Waals surface area contributed by atoms with Crippen molar-refractivity contribution >= 4 is 0 Å². The third kappa shape index (κ3) is 1.53. The van der Waals surface area contributed by atoms with Gasteiger partial charge in [-0.1, -0.05) is 23.8 Å². The molecule has 1 heterocycles. The minimum absolute atomic E-state index is 0.886. The Morgan fingerprint density at radius 3 is 3.09 bits per heavy atom. The van der Waals surface area contributed by atoms with E-state index < -0.39 is 0 Å². The summed E-state index contributed by atoms with van der Waals surface area (Å²) in [6, 6.07) is 0. The van der Waals surface area contributed by atoms with Crippen molar-refractivity contribution in [3.63, 3.8) is 0 Å². The van der Waals surface area contributed by atoms with E-state index in [0.29, 0.717) is 0 Å². The fourth-order valence-electron chi connectivity index (χ4n) is 1.47. The molecule has 0 radical (unpaired) electrons. The Morgan fingerprint density at radius 2 is 2.09 bits per heavy atom. The largest absolute Gasteiger partial charge is 0.498 e. The van der Waals surface area contributed by atoms with E-state index in [1.807, 2.05) is 6.08 Å². The quantitative estimate of drug-likeness (QED) is 0.513. The second-order valence-corrected chi connectivity index (χ2v) is 2.97. The van der Waals surface area contributed by atoms with E-state index in [1.165, 1.54) is 12.0 Å². The van der Waals surface area contributed by atoms with Crippen LogP contribution in [0.4, 0.5) is 0 Å². The van der Waals surface area contributed by atoms with E-state index in [9.17, 15) is 0 Å². The van der Waals surface area contributed by atoms with Gasteiger partial charge in [0.2, 0.25) is 0 Å². The Balaban J connectivity index is 2.27. The lowest BCUT2D eigenvalue weighted by molar-refractivity contribution is 0.214. The van der Waals surface area contributed by atoms with Crippen LogP contribution in [0.15, 0.2) is 35.6 Å². The summed E-state index contributed by atoms with van der Waals surface area (Å²) in [7, 11) is 0. The highest BCUT2D eigenvalue weighted by Crippen LogP contribution is 2.23. The maximum absolute atomic E-state index is 5.52. The minimum atomic E-state index is 0.886. The molecular weight excluding hydrogens is 136 g/mol. The third-order valence-corrected chi connectivity index (χ3v) is 2.06. The molecule has 0 saturated carbocycles. The van der Waals surface area contributed by atoms with Gasteiger partial charge >= 0.3 is 0 Å². The second-order valence-electron chi connectivity index (χ2n) is 2.97. The van der Waals surface area contributed by atoms with E-state index in [-0.39, 0.29) is 0 Å². The molecule has 1 saturated heterocycles. The van der Waals surface area contributed by atoms with E-state index in [2.05, 4.69) is 18.2 Å². The predicted molar refractivity (Wildman–Crippen MR) is 45.1 cm³/mol. The van der Waals surface area contributed by atoms with Gasteiger partial charge in [0.25, 0.3) is 0 Å². The first-order chi connectivity index (χ1) is 5.45. The molecule has 0 N–H and O–H groups in total. The van der Waals surface area contributed by atoms with Crippen LogP contribution in [0.3, 0.4) is 0 Å². The van der Waals surface area contributed by atoms with Gasteiger partial charge in [0.05, 0.1) is 12.4 Å². The van der Waals surface area contributed by atoms with Gasteiger partial charge in [-0.3, -0.25) is 0 Å². The van der Waals surface area contributed by atoms with Gasteiger partial charge < -0.3 is 4.74 Å². The monoisotopic (exact) mass is 148 g/mol. The highest BCUT2D eigenvalue weighted by molar-refractivity contribution is 5.26. The Morgan fingerprint density at radius 1 is 1.18 bits per heavy atom. The van der Waals surface area contributed by atoms with E-state index >= 15 is 0 Å². The lowest BCUT2D eigenvalue weighted by Crippen LogP contribution is -1.88. The van der Waals surface area contributed by atoms with Crippen LogP contribution in [0.2, 0.25) is 0 Å². The lowest BCUT2D eigenvalue weighted by Gasteiger charge is -2.02. The van der Waals surface area contributed by atoms with E-state index in [4.69, 9.17) is 4.74 Å². The summed E-state index contributed by atoms with van der Waals surface area (Å²) < 4.78 is 5.52. The van der Waals surface area contributed by atoms with Gasteiger partial charge in [0.1, 0.15) is 0 Å². The molecule has 1 heteroatoms. The van der Waals surface area contributed by atoms with Crippen molar-refractivity contribution in [3.05, 3.63) is 35.6 Å². The molecule has 0 unspecified atom stereocenters. The van der Waals surface area contributed by atoms with E-state index in [1.54, 1.807) is 0 Å². The van der Waals surface area contributed by atoms with Crippen molar-refractivity contribution in [2.75, 3.05) is 6.61 Å². The molecule has 2 aliphatic rings. The molecule has 1 aliphatic carbocycles. The smallest absolute Gasteiger partial charge is 0.1000 e. The molecule has 1 fully saturated rings. The number of hydrogen-bond donors (Lipinski definition) is 0. The SMILES string of the molecule is C1=CC=C2CC(=C1)CCCO2. The van der Waals surface area contributed by atoms with Gasteiger partial charge in [-0.15, -0.1) is 0 Å². The van der Waals surface area contributed by atoms with Crippen molar-refractivity contribution in [2.45, 2.75) is 19.3 Å². The van der Waals surface area contributed by atoms with Crippen LogP contribution in [-0.2, 0) is 4.74 Å². The zero-order valence-electron chi connectivity index (χ0n) is 6.55. The number of allylic oxidation sites excluding steroid dienone is 5. The van der Waals surface area contributed by atoms with Crippen LogP contribution in [0, 0.1) is 0 Å². The maximum atomic E-state index is 5.52. The van der Waals surface area contributed by atoms with Crippen molar-refractivity contribution in [3.8, 4) is 0 Å². The van der Waals surface area contributed by atoms with Gasteiger partial charge in [-0.2, -0.15) is 0 Å². The van der Waals surface area contributed by atoms with Crippen LogP contribution in [0.5, 0.6) is 0 Å². The zero-order valence-corrected chi connectivity index (χ0v) is 6.55. The van der Waals surface area contributed by atoms with Gasteiger partial charge in [0, 0.05) is 6.42 Å². The van der Waals surface area contributed by atoms with Crippen LogP contribution < -0.4 is 0 Å². The second kappa shape index (κ2) is 2.95. The summed E-state index contributed by atoms with van der Waals surface area (Å²) in [6.07, 6.45) is 11.8. The maximum Gasteiger partial charge on any atom is 0.1000 e. The molecule has 0 aromatic heterocycles. The Labute approximate surface area is 67.1 Å². The highest BCUT2D eigenvalue weighted by Gasteiger charge is 2.09.